The highest BCUT2D eigenvalue weighted by Crippen LogP contribution is 2.32. The van der Waals surface area contributed by atoms with Gasteiger partial charge in [-0.05, 0) is 12.1 Å². The van der Waals surface area contributed by atoms with Crippen LogP contribution < -0.4 is 5.32 Å². The molecule has 1 saturated heterocycles. The molecule has 4 heterocycles. The van der Waals surface area contributed by atoms with Crippen molar-refractivity contribution in [2.45, 2.75) is 12.7 Å². The van der Waals surface area contributed by atoms with Crippen molar-refractivity contribution < 1.29 is 13.5 Å². The number of rotatable bonds is 4. The summed E-state index contributed by atoms with van der Waals surface area (Å²) in [6.45, 7) is 2.29. The Balaban J connectivity index is 1.60. The molecule has 0 aliphatic carbocycles. The minimum atomic E-state index is -2.75. The van der Waals surface area contributed by atoms with E-state index in [2.05, 4.69) is 25.3 Å². The predicted molar refractivity (Wildman–Crippen MR) is 110 cm³/mol. The highest BCUT2D eigenvalue weighted by Gasteiger charge is 2.33. The van der Waals surface area contributed by atoms with Gasteiger partial charge in [-0.1, -0.05) is 12.1 Å². The van der Waals surface area contributed by atoms with Crippen LogP contribution in [0.1, 0.15) is 18.5 Å². The normalized spacial score (nSPS) is 20.2. The third kappa shape index (κ3) is 3.53. The molecule has 1 fully saturated rings. The van der Waals surface area contributed by atoms with Crippen LogP contribution in [0, 0.1) is 0 Å². The van der Waals surface area contributed by atoms with Gasteiger partial charge in [0.05, 0.1) is 36.0 Å². The number of aromatic nitrogens is 3. The minimum absolute atomic E-state index is 0.312. The number of thiazole rings is 1. The number of morpholine rings is 1. The predicted octanol–water partition coefficient (Wildman–Crippen LogP) is 2.95. The van der Waals surface area contributed by atoms with Crippen molar-refractivity contribution in [2.24, 2.45) is 9.98 Å². The number of imidazole rings is 1. The first-order valence-electron chi connectivity index (χ1n) is 9.34. The summed E-state index contributed by atoms with van der Waals surface area (Å²) in [6, 6.07) is 7.06. The van der Waals surface area contributed by atoms with Crippen LogP contribution >= 0.6 is 11.3 Å². The van der Waals surface area contributed by atoms with Gasteiger partial charge in [-0.3, -0.25) is 14.6 Å². The van der Waals surface area contributed by atoms with Crippen LogP contribution in [0.5, 0.6) is 0 Å². The average Bonchev–Trinajstić information content (AvgIpc) is 3.42. The molecule has 0 spiro atoms. The summed E-state index contributed by atoms with van der Waals surface area (Å²) in [6.07, 6.45) is -0.303. The Bertz CT molecular complexity index is 1080. The highest BCUT2D eigenvalue weighted by atomic mass is 32.1. The van der Waals surface area contributed by atoms with Gasteiger partial charge in [0.2, 0.25) is 12.2 Å². The Morgan fingerprint density at radius 2 is 2.03 bits per heavy atom. The number of benzene rings is 1. The molecule has 2 aromatic heterocycles. The fourth-order valence-electron chi connectivity index (χ4n) is 3.47. The Hall–Kier alpha value is -2.96. The van der Waals surface area contributed by atoms with E-state index in [1.54, 1.807) is 47.3 Å². The summed E-state index contributed by atoms with van der Waals surface area (Å²) in [7, 11) is 0. The Morgan fingerprint density at radius 3 is 2.80 bits per heavy atom. The molecule has 30 heavy (non-hydrogen) atoms. The van der Waals surface area contributed by atoms with E-state index >= 15 is 0 Å². The smallest absolute Gasteiger partial charge is 0.295 e. The second kappa shape index (κ2) is 8.05. The van der Waals surface area contributed by atoms with E-state index in [9.17, 15) is 8.78 Å². The van der Waals surface area contributed by atoms with Crippen LogP contribution in [0.3, 0.4) is 0 Å². The summed E-state index contributed by atoms with van der Waals surface area (Å²) in [4.78, 5) is 17.3. The molecule has 9 nitrogen and oxygen atoms in total. The zero-order chi connectivity index (χ0) is 20.5. The van der Waals surface area contributed by atoms with Crippen LogP contribution in [-0.4, -0.2) is 63.2 Å². The highest BCUT2D eigenvalue weighted by molar-refractivity contribution is 7.14. The van der Waals surface area contributed by atoms with Gasteiger partial charge in [0.25, 0.3) is 6.43 Å². The number of anilines is 1. The van der Waals surface area contributed by atoms with Crippen molar-refractivity contribution in [2.75, 3.05) is 31.6 Å². The number of alkyl halides is 2. The maximum absolute atomic E-state index is 14.0. The maximum Gasteiger partial charge on any atom is 0.295 e. The molecule has 1 N–H and O–H groups in total. The van der Waals surface area contributed by atoms with E-state index in [0.717, 1.165) is 5.00 Å². The zero-order valence-corrected chi connectivity index (χ0v) is 16.5. The van der Waals surface area contributed by atoms with E-state index < -0.39 is 12.7 Å². The van der Waals surface area contributed by atoms with Crippen molar-refractivity contribution in [1.29, 1.82) is 0 Å². The fraction of sp³-hybridized carbons (Fsp3) is 0.333. The number of fused-ring (bicyclic) bond motifs is 1. The summed E-state index contributed by atoms with van der Waals surface area (Å²) >= 11 is 1.40. The van der Waals surface area contributed by atoms with Gasteiger partial charge in [-0.25, -0.2) is 28.8 Å². The number of hydrogen-bond acceptors (Lipinski definition) is 9. The molecule has 0 bridgehead atoms. The number of guanidine groups is 1. The molecule has 5 rings (SSSR count). The third-order valence-electron chi connectivity index (χ3n) is 4.80. The van der Waals surface area contributed by atoms with Crippen molar-refractivity contribution in [1.82, 2.24) is 24.6 Å². The molecule has 0 radical (unpaired) electrons. The van der Waals surface area contributed by atoms with E-state index in [-0.39, 0.29) is 5.82 Å². The number of nitrogens with one attached hydrogen (secondary N) is 1. The lowest BCUT2D eigenvalue weighted by atomic mass is 10.3. The molecule has 1 aromatic carbocycles. The van der Waals surface area contributed by atoms with E-state index in [1.165, 1.54) is 15.9 Å². The monoisotopic (exact) mass is 432 g/mol. The lowest BCUT2D eigenvalue weighted by molar-refractivity contribution is -0.0805. The van der Waals surface area contributed by atoms with Crippen LogP contribution in [0.2, 0.25) is 0 Å². The summed E-state index contributed by atoms with van der Waals surface area (Å²) in [5.41, 5.74) is 2.75. The van der Waals surface area contributed by atoms with E-state index in [1.807, 2.05) is 5.01 Å². The van der Waals surface area contributed by atoms with Gasteiger partial charge >= 0.3 is 0 Å². The fourth-order valence-corrected chi connectivity index (χ4v) is 3.97. The Morgan fingerprint density at radius 1 is 1.20 bits per heavy atom. The van der Waals surface area contributed by atoms with Crippen molar-refractivity contribution in [3.63, 3.8) is 0 Å². The second-order valence-electron chi connectivity index (χ2n) is 6.61. The lowest BCUT2D eigenvalue weighted by Crippen LogP contribution is -2.52. The molecule has 0 saturated carbocycles. The Labute approximate surface area is 174 Å². The van der Waals surface area contributed by atoms with Crippen LogP contribution in [0.25, 0.3) is 11.0 Å². The van der Waals surface area contributed by atoms with Gasteiger partial charge in [-0.15, -0.1) is 11.3 Å². The molecule has 156 valence electrons. The summed E-state index contributed by atoms with van der Waals surface area (Å²) < 4.78 is 34.8. The molecular weight excluding hydrogens is 414 g/mol. The number of hydrogen-bond donors (Lipinski definition) is 1. The minimum Gasteiger partial charge on any atom is -0.379 e. The number of halogens is 2. The number of para-hydroxylation sites is 2. The van der Waals surface area contributed by atoms with Gasteiger partial charge < -0.3 is 10.1 Å². The van der Waals surface area contributed by atoms with Gasteiger partial charge in [0.15, 0.2) is 5.82 Å². The molecule has 2 aliphatic heterocycles. The number of hydrazine groups is 1. The molecule has 2 aliphatic rings. The first-order chi connectivity index (χ1) is 14.7. The van der Waals surface area contributed by atoms with E-state index in [4.69, 9.17) is 4.74 Å². The van der Waals surface area contributed by atoms with E-state index in [0.29, 0.717) is 43.3 Å². The molecular formula is C18H18F2N8OS. The average molecular weight is 432 g/mol. The maximum atomic E-state index is 14.0. The van der Waals surface area contributed by atoms with Crippen molar-refractivity contribution in [3.8, 4) is 0 Å². The van der Waals surface area contributed by atoms with Crippen molar-refractivity contribution in [3.05, 3.63) is 41.8 Å². The number of nitrogens with zero attached hydrogens (tertiary/aromatic N) is 7. The number of ether oxygens (including phenoxy) is 1. The topological polar surface area (TPSA) is 83.2 Å². The zero-order valence-electron chi connectivity index (χ0n) is 15.7. The molecule has 0 amide bonds. The van der Waals surface area contributed by atoms with Crippen LogP contribution in [0.4, 0.5) is 13.8 Å². The SMILES string of the molecule is FC(F)c1nc2ccccc2n1C1N=C(Nc2cncs2)N=CN1N1CCOCC1. The third-order valence-corrected chi connectivity index (χ3v) is 5.49. The lowest BCUT2D eigenvalue weighted by Gasteiger charge is -2.41. The Kier molecular flexibility index (Phi) is 5.11. The van der Waals surface area contributed by atoms with Gasteiger partial charge in [0.1, 0.15) is 11.3 Å². The largest absolute Gasteiger partial charge is 0.379 e. The summed E-state index contributed by atoms with van der Waals surface area (Å²) in [5, 5.41) is 7.61. The first kappa shape index (κ1) is 19.0. The van der Waals surface area contributed by atoms with Crippen LogP contribution in [-0.2, 0) is 4.74 Å². The summed E-state index contributed by atoms with van der Waals surface area (Å²) in [5.74, 6) is -0.0255. The quantitative estimate of drug-likeness (QED) is 0.683. The van der Waals surface area contributed by atoms with Gasteiger partial charge in [0, 0.05) is 13.1 Å². The molecule has 3 aromatic rings. The van der Waals surface area contributed by atoms with Crippen molar-refractivity contribution >= 4 is 39.7 Å². The van der Waals surface area contributed by atoms with Gasteiger partial charge in [-0.2, -0.15) is 0 Å². The molecule has 1 atom stereocenters. The second-order valence-corrected chi connectivity index (χ2v) is 7.50. The van der Waals surface area contributed by atoms with Crippen LogP contribution in [0.15, 0.2) is 46.0 Å². The number of aliphatic imine (C=N–C) groups is 2. The standard InChI is InChI=1S/C18H18F2N8OS/c19-15(20)16-23-12-3-1-2-4-13(12)28(16)18-25-17(24-14-9-21-11-30-14)22-10-27(18)26-5-7-29-8-6-26/h1-4,9-11,15,18H,5-8H2,(H,24,25). The molecule has 12 heteroatoms. The molecule has 1 unspecified atom stereocenters. The first-order valence-corrected chi connectivity index (χ1v) is 10.2.